The van der Waals surface area contributed by atoms with Crippen LogP contribution in [0.4, 0.5) is 9.18 Å². The van der Waals surface area contributed by atoms with Crippen LogP contribution in [0.5, 0.6) is 0 Å². The molecular formula is C29H35FN4O2. The van der Waals surface area contributed by atoms with Crippen LogP contribution < -0.4 is 10.6 Å². The molecule has 2 N–H and O–H groups in total. The molecule has 0 bridgehead atoms. The Morgan fingerprint density at radius 1 is 0.861 bits per heavy atom. The quantitative estimate of drug-likeness (QED) is 0.409. The predicted molar refractivity (Wildman–Crippen MR) is 140 cm³/mol. The maximum atomic E-state index is 14.1. The zero-order chi connectivity index (χ0) is 26.1. The predicted octanol–water partition coefficient (Wildman–Crippen LogP) is 5.23. The van der Waals surface area contributed by atoms with E-state index in [0.717, 1.165) is 11.1 Å². The minimum Gasteiger partial charge on any atom is -0.338 e. The lowest BCUT2D eigenvalue weighted by Gasteiger charge is -2.37. The fraction of sp³-hybridized carbons (Fsp3) is 0.345. The molecule has 7 heteroatoms. The molecule has 2 atom stereocenters. The molecule has 2 aromatic carbocycles. The van der Waals surface area contributed by atoms with Crippen molar-refractivity contribution in [3.05, 3.63) is 102 Å². The van der Waals surface area contributed by atoms with Gasteiger partial charge in [0.05, 0.1) is 5.92 Å². The Balaban J connectivity index is 1.89. The van der Waals surface area contributed by atoms with Crippen LogP contribution in [0.3, 0.4) is 0 Å². The average Bonchev–Trinajstić information content (AvgIpc) is 2.86. The number of pyridine rings is 1. The van der Waals surface area contributed by atoms with Gasteiger partial charge in [-0.3, -0.25) is 9.78 Å². The normalized spacial score (nSPS) is 12.8. The van der Waals surface area contributed by atoms with Crippen molar-refractivity contribution in [1.82, 2.24) is 20.5 Å². The second kappa shape index (κ2) is 12.8. The van der Waals surface area contributed by atoms with E-state index < -0.39 is 11.9 Å². The van der Waals surface area contributed by atoms with Gasteiger partial charge in [-0.15, -0.1) is 0 Å². The first-order chi connectivity index (χ1) is 17.3. The molecule has 0 aliphatic carbocycles. The highest BCUT2D eigenvalue weighted by molar-refractivity contribution is 5.85. The lowest BCUT2D eigenvalue weighted by Crippen LogP contribution is -2.47. The van der Waals surface area contributed by atoms with E-state index in [0.29, 0.717) is 5.56 Å². The summed E-state index contributed by atoms with van der Waals surface area (Å²) in [4.78, 5) is 32.9. The van der Waals surface area contributed by atoms with E-state index in [2.05, 4.69) is 15.6 Å². The van der Waals surface area contributed by atoms with Crippen molar-refractivity contribution in [2.45, 2.75) is 58.2 Å². The Kier molecular flexibility index (Phi) is 9.56. The van der Waals surface area contributed by atoms with Crippen LogP contribution in [-0.4, -0.2) is 40.5 Å². The number of benzene rings is 2. The van der Waals surface area contributed by atoms with Gasteiger partial charge >= 0.3 is 6.03 Å². The van der Waals surface area contributed by atoms with E-state index in [9.17, 15) is 14.0 Å². The second-order valence-electron chi connectivity index (χ2n) is 9.37. The molecule has 3 rings (SSSR count). The highest BCUT2D eigenvalue weighted by Crippen LogP contribution is 2.35. The van der Waals surface area contributed by atoms with Crippen molar-refractivity contribution in [3.8, 4) is 0 Å². The summed E-state index contributed by atoms with van der Waals surface area (Å²) in [6.07, 6.45) is 3.40. The van der Waals surface area contributed by atoms with Gasteiger partial charge in [0, 0.05) is 49.0 Å². The molecule has 0 saturated heterocycles. The number of carbonyl (C=O) groups is 2. The minimum absolute atomic E-state index is 0.00474. The molecule has 0 radical (unpaired) electrons. The summed E-state index contributed by atoms with van der Waals surface area (Å²) in [6, 6.07) is 19.3. The summed E-state index contributed by atoms with van der Waals surface area (Å²) in [6.45, 7) is 8.29. The Labute approximate surface area is 212 Å². The van der Waals surface area contributed by atoms with Gasteiger partial charge in [0.15, 0.2) is 0 Å². The van der Waals surface area contributed by atoms with Gasteiger partial charge < -0.3 is 15.5 Å². The van der Waals surface area contributed by atoms with Gasteiger partial charge in [-0.1, -0.05) is 54.6 Å². The number of urea groups is 1. The van der Waals surface area contributed by atoms with Crippen LogP contribution in [0, 0.1) is 5.82 Å². The average molecular weight is 491 g/mol. The highest BCUT2D eigenvalue weighted by Gasteiger charge is 2.36. The number of carbonyl (C=O) groups excluding carboxylic acids is 2. The first-order valence-corrected chi connectivity index (χ1v) is 12.3. The first-order valence-electron chi connectivity index (χ1n) is 12.3. The van der Waals surface area contributed by atoms with Crippen LogP contribution in [0.25, 0.3) is 0 Å². The summed E-state index contributed by atoms with van der Waals surface area (Å²) in [5, 5.41) is 5.63. The number of nitrogens with one attached hydrogen (secondary N) is 2. The smallest absolute Gasteiger partial charge is 0.315 e. The third-order valence-electron chi connectivity index (χ3n) is 6.19. The van der Waals surface area contributed by atoms with Crippen LogP contribution in [0.15, 0.2) is 79.1 Å². The van der Waals surface area contributed by atoms with Crippen LogP contribution in [-0.2, 0) is 11.3 Å². The Morgan fingerprint density at radius 2 is 1.50 bits per heavy atom. The molecule has 0 fully saturated rings. The van der Waals surface area contributed by atoms with Crippen molar-refractivity contribution >= 4 is 11.9 Å². The number of hydrogen-bond donors (Lipinski definition) is 2. The Hall–Kier alpha value is -3.74. The molecule has 0 aliphatic rings. The molecule has 3 amide bonds. The Bertz CT molecular complexity index is 1110. The molecule has 1 aromatic heterocycles. The molecule has 3 aromatic rings. The first kappa shape index (κ1) is 26.9. The molecule has 1 heterocycles. The van der Waals surface area contributed by atoms with E-state index in [-0.39, 0.29) is 42.8 Å². The summed E-state index contributed by atoms with van der Waals surface area (Å²) in [5.74, 6) is -1.29. The van der Waals surface area contributed by atoms with E-state index in [1.165, 1.54) is 6.07 Å². The van der Waals surface area contributed by atoms with E-state index in [1.54, 1.807) is 30.6 Å². The van der Waals surface area contributed by atoms with Crippen molar-refractivity contribution in [1.29, 1.82) is 0 Å². The van der Waals surface area contributed by atoms with Gasteiger partial charge in [-0.25, -0.2) is 9.18 Å². The number of hydrogen-bond acceptors (Lipinski definition) is 3. The third kappa shape index (κ3) is 6.90. The molecule has 0 aliphatic heterocycles. The van der Waals surface area contributed by atoms with E-state index in [1.807, 2.05) is 75.1 Å². The number of halogens is 1. The standard InChI is InChI=1S/C29H35FN4O2/c1-20(2)34(21(3)4)28(35)27(24-14-10-16-31-17-24)25(22-11-6-5-7-12-22)19-33-29(36)32-18-23-13-8-9-15-26(23)30/h5-17,20-21,25,27H,18-19H2,1-4H3,(H2,32,33,36)/t25-,27+/m0/s1. The molecule has 6 nitrogen and oxygen atoms in total. The summed E-state index contributed by atoms with van der Waals surface area (Å²) in [7, 11) is 0. The van der Waals surface area contributed by atoms with Crippen LogP contribution >= 0.6 is 0 Å². The van der Waals surface area contributed by atoms with Gasteiger partial charge in [0.25, 0.3) is 0 Å². The van der Waals surface area contributed by atoms with E-state index >= 15 is 0 Å². The maximum absolute atomic E-state index is 14.1. The van der Waals surface area contributed by atoms with Gasteiger partial charge in [-0.2, -0.15) is 0 Å². The summed E-state index contributed by atoms with van der Waals surface area (Å²) >= 11 is 0. The molecule has 0 unspecified atom stereocenters. The SMILES string of the molecule is CC(C)N(C(=O)[C@H](c1cccnc1)[C@@H](CNC(=O)NCc1ccccc1F)c1ccccc1)C(C)C. The van der Waals surface area contributed by atoms with Gasteiger partial charge in [-0.05, 0) is 51.0 Å². The lowest BCUT2D eigenvalue weighted by molar-refractivity contribution is -0.137. The number of rotatable bonds is 10. The molecule has 36 heavy (non-hydrogen) atoms. The Morgan fingerprint density at radius 3 is 2.11 bits per heavy atom. The molecule has 0 saturated carbocycles. The van der Waals surface area contributed by atoms with Crippen molar-refractivity contribution < 1.29 is 14.0 Å². The topological polar surface area (TPSA) is 74.3 Å². The minimum atomic E-state index is -0.558. The monoisotopic (exact) mass is 490 g/mol. The molecule has 0 spiro atoms. The molecular weight excluding hydrogens is 455 g/mol. The van der Waals surface area contributed by atoms with E-state index in [4.69, 9.17) is 0 Å². The van der Waals surface area contributed by atoms with Crippen molar-refractivity contribution in [3.63, 3.8) is 0 Å². The maximum Gasteiger partial charge on any atom is 0.315 e. The summed E-state index contributed by atoms with van der Waals surface area (Å²) in [5.41, 5.74) is 2.12. The largest absolute Gasteiger partial charge is 0.338 e. The lowest BCUT2D eigenvalue weighted by atomic mass is 9.80. The third-order valence-corrected chi connectivity index (χ3v) is 6.19. The molecule has 190 valence electrons. The fourth-order valence-corrected chi connectivity index (χ4v) is 4.58. The zero-order valence-electron chi connectivity index (χ0n) is 21.3. The fourth-order valence-electron chi connectivity index (χ4n) is 4.58. The van der Waals surface area contributed by atoms with Crippen molar-refractivity contribution in [2.75, 3.05) is 6.54 Å². The summed E-state index contributed by atoms with van der Waals surface area (Å²) < 4.78 is 13.9. The number of aromatic nitrogens is 1. The highest BCUT2D eigenvalue weighted by atomic mass is 19.1. The van der Waals surface area contributed by atoms with Gasteiger partial charge in [0.1, 0.15) is 5.82 Å². The number of nitrogens with zero attached hydrogens (tertiary/aromatic N) is 2. The second-order valence-corrected chi connectivity index (χ2v) is 9.37. The number of amides is 3. The van der Waals surface area contributed by atoms with Crippen LogP contribution in [0.2, 0.25) is 0 Å². The zero-order valence-corrected chi connectivity index (χ0v) is 21.3. The van der Waals surface area contributed by atoms with Crippen LogP contribution in [0.1, 0.15) is 56.2 Å². The van der Waals surface area contributed by atoms with Crippen molar-refractivity contribution in [2.24, 2.45) is 0 Å². The van der Waals surface area contributed by atoms with Gasteiger partial charge in [0.2, 0.25) is 5.91 Å².